The third-order valence-electron chi connectivity index (χ3n) is 7.25. The first-order valence-electron chi connectivity index (χ1n) is 12.2. The number of pyridine rings is 2. The lowest BCUT2D eigenvalue weighted by Gasteiger charge is -2.43. The van der Waals surface area contributed by atoms with Crippen molar-refractivity contribution in [3.8, 4) is 5.75 Å². The number of hydrogen-bond donors (Lipinski definition) is 1. The van der Waals surface area contributed by atoms with E-state index in [0.717, 1.165) is 31.4 Å². The molecule has 1 amide bonds. The Kier molecular flexibility index (Phi) is 5.05. The second-order valence-electron chi connectivity index (χ2n) is 10.5. The zero-order chi connectivity index (χ0) is 24.4. The molecule has 9 nitrogen and oxygen atoms in total. The van der Waals surface area contributed by atoms with Crippen LogP contribution in [0.25, 0.3) is 5.65 Å². The van der Waals surface area contributed by atoms with Crippen LogP contribution in [0.1, 0.15) is 61.6 Å². The van der Waals surface area contributed by atoms with Crippen molar-refractivity contribution in [2.75, 3.05) is 25.6 Å². The van der Waals surface area contributed by atoms with Gasteiger partial charge in [0, 0.05) is 43.2 Å². The van der Waals surface area contributed by atoms with E-state index in [2.05, 4.69) is 5.32 Å². The van der Waals surface area contributed by atoms with E-state index in [4.69, 9.17) is 19.2 Å². The quantitative estimate of drug-likeness (QED) is 0.534. The van der Waals surface area contributed by atoms with Crippen LogP contribution in [0.5, 0.6) is 5.75 Å². The summed E-state index contributed by atoms with van der Waals surface area (Å²) in [5.41, 5.74) is 1.74. The Morgan fingerprint density at radius 3 is 2.83 bits per heavy atom. The van der Waals surface area contributed by atoms with Crippen molar-refractivity contribution in [3.05, 3.63) is 58.4 Å². The van der Waals surface area contributed by atoms with Crippen molar-refractivity contribution in [2.45, 2.75) is 62.7 Å². The standard InChI is InChI=1S/C26H30N4O5/c1-16(2)35-20-9-22-28-21(25-12-26(13-25,15-33-3)34-14-25)11-29(22)10-18(20)23(31)27-19-5-4-8-30(24(19)32)17-6-7-17/h4-5,8-11,16-17H,6-7,12-15H2,1-3H3,(H,27,31). The van der Waals surface area contributed by atoms with Crippen molar-refractivity contribution in [2.24, 2.45) is 0 Å². The van der Waals surface area contributed by atoms with Gasteiger partial charge < -0.3 is 28.5 Å². The molecule has 3 aromatic heterocycles. The Labute approximate surface area is 203 Å². The van der Waals surface area contributed by atoms with E-state index in [1.165, 1.54) is 0 Å². The van der Waals surface area contributed by atoms with Gasteiger partial charge in [-0.1, -0.05) is 0 Å². The molecule has 2 saturated heterocycles. The number of fused-ring (bicyclic) bond motifs is 2. The van der Waals surface area contributed by atoms with Crippen LogP contribution in [0.3, 0.4) is 0 Å². The summed E-state index contributed by atoms with van der Waals surface area (Å²) in [5, 5.41) is 2.80. The van der Waals surface area contributed by atoms with Crippen LogP contribution in [0, 0.1) is 0 Å². The SMILES string of the molecule is COCC12CC(c3cn4cc(C(=O)Nc5cccn(C6CC6)c5=O)c(OC(C)C)cc4n3)(CO1)C2. The maximum absolute atomic E-state index is 13.4. The minimum absolute atomic E-state index is 0.121. The van der Waals surface area contributed by atoms with Crippen LogP contribution >= 0.6 is 0 Å². The van der Waals surface area contributed by atoms with Crippen LogP contribution in [0.15, 0.2) is 41.6 Å². The molecule has 9 heteroatoms. The summed E-state index contributed by atoms with van der Waals surface area (Å²) < 4.78 is 20.9. The van der Waals surface area contributed by atoms with Gasteiger partial charge in [-0.05, 0) is 51.7 Å². The summed E-state index contributed by atoms with van der Waals surface area (Å²) in [5.74, 6) is 0.0386. The van der Waals surface area contributed by atoms with E-state index >= 15 is 0 Å². The van der Waals surface area contributed by atoms with Gasteiger partial charge >= 0.3 is 0 Å². The fraction of sp³-hybridized carbons (Fsp3) is 0.500. The van der Waals surface area contributed by atoms with Gasteiger partial charge in [-0.2, -0.15) is 0 Å². The van der Waals surface area contributed by atoms with Gasteiger partial charge in [-0.15, -0.1) is 0 Å². The molecule has 184 valence electrons. The number of anilines is 1. The molecular weight excluding hydrogens is 448 g/mol. The van der Waals surface area contributed by atoms with Gasteiger partial charge in [-0.3, -0.25) is 9.59 Å². The molecule has 4 fully saturated rings. The molecule has 4 aliphatic rings. The lowest BCUT2D eigenvalue weighted by Crippen LogP contribution is -2.49. The van der Waals surface area contributed by atoms with Gasteiger partial charge in [0.15, 0.2) is 0 Å². The molecule has 0 atom stereocenters. The summed E-state index contributed by atoms with van der Waals surface area (Å²) in [4.78, 5) is 31.1. The van der Waals surface area contributed by atoms with Crippen molar-refractivity contribution in [1.82, 2.24) is 14.0 Å². The van der Waals surface area contributed by atoms with Crippen molar-refractivity contribution in [3.63, 3.8) is 0 Å². The summed E-state index contributed by atoms with van der Waals surface area (Å²) in [7, 11) is 1.70. The Morgan fingerprint density at radius 1 is 1.31 bits per heavy atom. The number of nitrogens with one attached hydrogen (secondary N) is 1. The lowest BCUT2D eigenvalue weighted by atomic mass is 9.61. The number of nitrogens with zero attached hydrogens (tertiary/aromatic N) is 3. The second kappa shape index (κ2) is 7.93. The molecule has 7 rings (SSSR count). The average molecular weight is 479 g/mol. The highest BCUT2D eigenvalue weighted by molar-refractivity contribution is 6.06. The number of ether oxygens (including phenoxy) is 3. The van der Waals surface area contributed by atoms with Gasteiger partial charge in [-0.25, -0.2) is 4.98 Å². The predicted molar refractivity (Wildman–Crippen MR) is 129 cm³/mol. The van der Waals surface area contributed by atoms with Crippen molar-refractivity contribution >= 4 is 17.2 Å². The number of carbonyl (C=O) groups excluding carboxylic acids is 1. The highest BCUT2D eigenvalue weighted by atomic mass is 16.5. The molecule has 0 radical (unpaired) electrons. The highest BCUT2D eigenvalue weighted by Gasteiger charge is 2.64. The lowest BCUT2D eigenvalue weighted by molar-refractivity contribution is -0.0614. The fourth-order valence-corrected chi connectivity index (χ4v) is 5.57. The smallest absolute Gasteiger partial charge is 0.274 e. The third-order valence-corrected chi connectivity index (χ3v) is 7.25. The molecule has 3 aromatic rings. The fourth-order valence-electron chi connectivity index (χ4n) is 5.57. The first-order valence-corrected chi connectivity index (χ1v) is 12.2. The van der Waals surface area contributed by atoms with Crippen LogP contribution in [0.4, 0.5) is 5.69 Å². The minimum Gasteiger partial charge on any atom is -0.490 e. The topological polar surface area (TPSA) is 96.1 Å². The largest absolute Gasteiger partial charge is 0.490 e. The summed E-state index contributed by atoms with van der Waals surface area (Å²) in [6.07, 6.45) is 9.07. The number of imidazole rings is 1. The molecule has 0 unspecified atom stereocenters. The van der Waals surface area contributed by atoms with E-state index < -0.39 is 5.91 Å². The average Bonchev–Trinajstić information content (AvgIpc) is 3.29. The Morgan fingerprint density at radius 2 is 2.11 bits per heavy atom. The minimum atomic E-state index is -0.395. The van der Waals surface area contributed by atoms with Crippen LogP contribution in [-0.4, -0.2) is 51.9 Å². The van der Waals surface area contributed by atoms with Crippen molar-refractivity contribution in [1.29, 1.82) is 0 Å². The van der Waals surface area contributed by atoms with Gasteiger partial charge in [0.2, 0.25) is 0 Å². The van der Waals surface area contributed by atoms with E-state index in [0.29, 0.717) is 30.2 Å². The number of amides is 1. The molecular formula is C26H30N4O5. The monoisotopic (exact) mass is 478 g/mol. The highest BCUT2D eigenvalue weighted by Crippen LogP contribution is 2.58. The van der Waals surface area contributed by atoms with Gasteiger partial charge in [0.1, 0.15) is 17.1 Å². The van der Waals surface area contributed by atoms with E-state index in [9.17, 15) is 9.59 Å². The summed E-state index contributed by atoms with van der Waals surface area (Å²) in [6.45, 7) is 5.02. The molecule has 0 spiro atoms. The first kappa shape index (κ1) is 22.3. The molecule has 5 heterocycles. The van der Waals surface area contributed by atoms with Crippen LogP contribution in [0.2, 0.25) is 0 Å². The van der Waals surface area contributed by atoms with Crippen molar-refractivity contribution < 1.29 is 19.0 Å². The Hall–Kier alpha value is -3.17. The number of hydrogen-bond acceptors (Lipinski definition) is 6. The maximum Gasteiger partial charge on any atom is 0.274 e. The number of aromatic nitrogens is 3. The van der Waals surface area contributed by atoms with Gasteiger partial charge in [0.25, 0.3) is 11.5 Å². The summed E-state index contributed by atoms with van der Waals surface area (Å²) in [6, 6.07) is 5.45. The number of carbonyl (C=O) groups is 1. The zero-order valence-corrected chi connectivity index (χ0v) is 20.2. The number of methoxy groups -OCH3 is 1. The van der Waals surface area contributed by atoms with Gasteiger partial charge in [0.05, 0.1) is 36.2 Å². The van der Waals surface area contributed by atoms with Crippen LogP contribution in [-0.2, 0) is 14.9 Å². The molecule has 0 aromatic carbocycles. The molecule has 1 N–H and O–H groups in total. The maximum atomic E-state index is 13.4. The predicted octanol–water partition coefficient (Wildman–Crippen LogP) is 3.32. The Balaban J connectivity index is 1.33. The summed E-state index contributed by atoms with van der Waals surface area (Å²) >= 11 is 0. The van der Waals surface area contributed by atoms with E-state index in [1.54, 1.807) is 42.3 Å². The van der Waals surface area contributed by atoms with E-state index in [1.807, 2.05) is 24.4 Å². The van der Waals surface area contributed by atoms with Crippen LogP contribution < -0.4 is 15.6 Å². The van der Waals surface area contributed by atoms with E-state index in [-0.39, 0.29) is 34.4 Å². The molecule has 2 saturated carbocycles. The molecule has 2 bridgehead atoms. The zero-order valence-electron chi connectivity index (χ0n) is 20.2. The normalized spacial score (nSPS) is 25.1. The number of rotatable bonds is 8. The Bertz CT molecular complexity index is 1360. The first-order chi connectivity index (χ1) is 16.8. The molecule has 2 aliphatic carbocycles. The molecule has 35 heavy (non-hydrogen) atoms. The second-order valence-corrected chi connectivity index (χ2v) is 10.5. The third kappa shape index (κ3) is 3.73. The molecule has 2 aliphatic heterocycles.